The minimum Gasteiger partial charge on any atom is -0.498 e. The summed E-state index contributed by atoms with van der Waals surface area (Å²) in [4.78, 5) is 0. The molecule has 0 aliphatic heterocycles. The zero-order valence-electron chi connectivity index (χ0n) is 10.3. The maximum atomic E-state index is 5.75. The Balaban J connectivity index is 1.86. The fourth-order valence-electron chi connectivity index (χ4n) is 2.03. The summed E-state index contributed by atoms with van der Waals surface area (Å²) in [5, 5.41) is 0. The third-order valence-electron chi connectivity index (χ3n) is 3.03. The van der Waals surface area contributed by atoms with E-state index >= 15 is 0 Å². The normalized spacial score (nSPS) is 16.2. The van der Waals surface area contributed by atoms with E-state index in [2.05, 4.69) is 13.0 Å². The molecule has 0 N–H and O–H groups in total. The summed E-state index contributed by atoms with van der Waals surface area (Å²) >= 11 is 0. The Kier molecular flexibility index (Phi) is 7.41. The topological polar surface area (TPSA) is 9.23 Å². The zero-order valence-corrected chi connectivity index (χ0v) is 10.3. The molecule has 1 aliphatic carbocycles. The van der Waals surface area contributed by atoms with Crippen molar-refractivity contribution in [3.63, 3.8) is 0 Å². The highest BCUT2D eigenvalue weighted by atomic mass is 16.5. The predicted octanol–water partition coefficient (Wildman–Crippen LogP) is 4.82. The molecule has 1 rings (SSSR count). The molecule has 15 heavy (non-hydrogen) atoms. The maximum absolute atomic E-state index is 5.75. The average molecular weight is 210 g/mol. The monoisotopic (exact) mass is 210 g/mol. The number of hydrogen-bond donors (Lipinski definition) is 0. The Morgan fingerprint density at radius 1 is 1.07 bits per heavy atom. The Bertz CT molecular complexity index is 172. The second-order valence-electron chi connectivity index (χ2n) is 4.53. The summed E-state index contributed by atoms with van der Waals surface area (Å²) in [6, 6.07) is 0. The van der Waals surface area contributed by atoms with Gasteiger partial charge in [-0.15, -0.1) is 0 Å². The van der Waals surface area contributed by atoms with Crippen LogP contribution in [0, 0.1) is 0 Å². The van der Waals surface area contributed by atoms with E-state index in [1.54, 1.807) is 0 Å². The molecule has 88 valence electrons. The SMILES string of the molecule is CCCCCCCCOC1=CCCCC1. The lowest BCUT2D eigenvalue weighted by molar-refractivity contribution is 0.189. The number of ether oxygens (including phenoxy) is 1. The second kappa shape index (κ2) is 8.82. The summed E-state index contributed by atoms with van der Waals surface area (Å²) in [5.74, 6) is 1.26. The van der Waals surface area contributed by atoms with Crippen LogP contribution in [0.4, 0.5) is 0 Å². The lowest BCUT2D eigenvalue weighted by atomic mass is 10.1. The highest BCUT2D eigenvalue weighted by Crippen LogP contribution is 2.18. The summed E-state index contributed by atoms with van der Waals surface area (Å²) in [6.45, 7) is 3.20. The molecule has 0 radical (unpaired) electrons. The van der Waals surface area contributed by atoms with Crippen molar-refractivity contribution in [3.8, 4) is 0 Å². The van der Waals surface area contributed by atoms with Crippen molar-refractivity contribution in [1.29, 1.82) is 0 Å². The fraction of sp³-hybridized carbons (Fsp3) is 0.857. The van der Waals surface area contributed by atoms with Crippen LogP contribution in [0.2, 0.25) is 0 Å². The number of rotatable bonds is 8. The fourth-order valence-corrected chi connectivity index (χ4v) is 2.03. The smallest absolute Gasteiger partial charge is 0.0919 e. The minimum absolute atomic E-state index is 0.942. The van der Waals surface area contributed by atoms with E-state index in [1.165, 1.54) is 70.0 Å². The van der Waals surface area contributed by atoms with Crippen LogP contribution in [-0.2, 0) is 4.74 Å². The molecule has 0 amide bonds. The summed E-state index contributed by atoms with van der Waals surface area (Å²) in [5.41, 5.74) is 0. The first-order valence-corrected chi connectivity index (χ1v) is 6.75. The largest absolute Gasteiger partial charge is 0.498 e. The molecule has 0 aromatic rings. The molecular formula is C14H26O. The lowest BCUT2D eigenvalue weighted by Crippen LogP contribution is -1.99. The molecule has 0 saturated carbocycles. The molecule has 1 nitrogen and oxygen atoms in total. The van der Waals surface area contributed by atoms with E-state index in [-0.39, 0.29) is 0 Å². The molecule has 0 bridgehead atoms. The first-order valence-electron chi connectivity index (χ1n) is 6.75. The molecule has 0 atom stereocenters. The Labute approximate surface area is 94.9 Å². The van der Waals surface area contributed by atoms with Gasteiger partial charge in [-0.1, -0.05) is 39.0 Å². The Morgan fingerprint density at radius 2 is 1.87 bits per heavy atom. The first-order chi connectivity index (χ1) is 7.43. The van der Waals surface area contributed by atoms with Gasteiger partial charge in [-0.3, -0.25) is 0 Å². The molecule has 1 aliphatic rings. The zero-order chi connectivity index (χ0) is 10.8. The quantitative estimate of drug-likeness (QED) is 0.522. The van der Waals surface area contributed by atoms with Gasteiger partial charge in [-0.2, -0.15) is 0 Å². The van der Waals surface area contributed by atoms with Gasteiger partial charge in [-0.05, 0) is 31.8 Å². The molecule has 0 unspecified atom stereocenters. The highest BCUT2D eigenvalue weighted by Gasteiger charge is 2.03. The number of hydrogen-bond acceptors (Lipinski definition) is 1. The van der Waals surface area contributed by atoms with Crippen LogP contribution in [0.5, 0.6) is 0 Å². The van der Waals surface area contributed by atoms with Crippen molar-refractivity contribution in [2.75, 3.05) is 6.61 Å². The van der Waals surface area contributed by atoms with Crippen molar-refractivity contribution in [2.24, 2.45) is 0 Å². The van der Waals surface area contributed by atoms with E-state index in [0.29, 0.717) is 0 Å². The van der Waals surface area contributed by atoms with Gasteiger partial charge in [0.25, 0.3) is 0 Å². The van der Waals surface area contributed by atoms with Crippen molar-refractivity contribution in [1.82, 2.24) is 0 Å². The van der Waals surface area contributed by atoms with Gasteiger partial charge >= 0.3 is 0 Å². The van der Waals surface area contributed by atoms with E-state index in [9.17, 15) is 0 Å². The van der Waals surface area contributed by atoms with Crippen molar-refractivity contribution in [2.45, 2.75) is 71.1 Å². The maximum Gasteiger partial charge on any atom is 0.0919 e. The molecule has 0 heterocycles. The van der Waals surface area contributed by atoms with Crippen molar-refractivity contribution >= 4 is 0 Å². The Morgan fingerprint density at radius 3 is 2.60 bits per heavy atom. The van der Waals surface area contributed by atoms with E-state index in [4.69, 9.17) is 4.74 Å². The van der Waals surface area contributed by atoms with Crippen LogP contribution >= 0.6 is 0 Å². The molecule has 0 spiro atoms. The molecule has 1 heteroatoms. The van der Waals surface area contributed by atoms with Crippen molar-refractivity contribution in [3.05, 3.63) is 11.8 Å². The van der Waals surface area contributed by atoms with Crippen LogP contribution in [0.1, 0.15) is 71.1 Å². The van der Waals surface area contributed by atoms with Crippen LogP contribution in [0.25, 0.3) is 0 Å². The number of unbranched alkanes of at least 4 members (excludes halogenated alkanes) is 5. The summed E-state index contributed by atoms with van der Waals surface area (Å²) < 4.78 is 5.75. The predicted molar refractivity (Wildman–Crippen MR) is 65.9 cm³/mol. The minimum atomic E-state index is 0.942. The second-order valence-corrected chi connectivity index (χ2v) is 4.53. The standard InChI is InChI=1S/C14H26O/c1-2-3-4-5-6-10-13-15-14-11-8-7-9-12-14/h11H,2-10,12-13H2,1H3. The van der Waals surface area contributed by atoms with Gasteiger partial charge in [0, 0.05) is 6.42 Å². The van der Waals surface area contributed by atoms with Gasteiger partial charge in [0.15, 0.2) is 0 Å². The lowest BCUT2D eigenvalue weighted by Gasteiger charge is -2.14. The molecule has 0 aromatic heterocycles. The Hall–Kier alpha value is -0.460. The van der Waals surface area contributed by atoms with E-state index < -0.39 is 0 Å². The average Bonchev–Trinajstić information content (AvgIpc) is 2.29. The van der Waals surface area contributed by atoms with Crippen molar-refractivity contribution < 1.29 is 4.74 Å². The molecule has 0 aromatic carbocycles. The van der Waals surface area contributed by atoms with Crippen LogP contribution < -0.4 is 0 Å². The third kappa shape index (κ3) is 6.59. The van der Waals surface area contributed by atoms with Crippen LogP contribution in [0.3, 0.4) is 0 Å². The molecular weight excluding hydrogens is 184 g/mol. The van der Waals surface area contributed by atoms with Gasteiger partial charge in [-0.25, -0.2) is 0 Å². The summed E-state index contributed by atoms with van der Waals surface area (Å²) in [7, 11) is 0. The molecule has 0 fully saturated rings. The van der Waals surface area contributed by atoms with Gasteiger partial charge in [0.05, 0.1) is 12.4 Å². The summed E-state index contributed by atoms with van der Waals surface area (Å²) in [6.07, 6.45) is 15.5. The van der Waals surface area contributed by atoms with Crippen LogP contribution in [-0.4, -0.2) is 6.61 Å². The van der Waals surface area contributed by atoms with Crippen LogP contribution in [0.15, 0.2) is 11.8 Å². The van der Waals surface area contributed by atoms with E-state index in [0.717, 1.165) is 6.61 Å². The van der Waals surface area contributed by atoms with Gasteiger partial charge < -0.3 is 4.74 Å². The van der Waals surface area contributed by atoms with Gasteiger partial charge in [0.2, 0.25) is 0 Å². The third-order valence-corrected chi connectivity index (χ3v) is 3.03. The molecule has 0 saturated heterocycles. The van der Waals surface area contributed by atoms with Gasteiger partial charge in [0.1, 0.15) is 0 Å². The van der Waals surface area contributed by atoms with E-state index in [1.807, 2.05) is 0 Å². The number of allylic oxidation sites excluding steroid dienone is 2. The first kappa shape index (κ1) is 12.6. The highest BCUT2D eigenvalue weighted by molar-refractivity contribution is 4.96.